The molecule has 0 saturated carbocycles. The second-order valence-corrected chi connectivity index (χ2v) is 5.35. The number of hydrogen-bond donors (Lipinski definition) is 1. The summed E-state index contributed by atoms with van der Waals surface area (Å²) in [6, 6.07) is 0. The van der Waals surface area contributed by atoms with E-state index >= 15 is 0 Å². The molecule has 1 heterocycles. The second-order valence-electron chi connectivity index (χ2n) is 5.35. The first-order valence-electron chi connectivity index (χ1n) is 8.42. The van der Waals surface area contributed by atoms with Gasteiger partial charge in [0.25, 0.3) is 0 Å². The van der Waals surface area contributed by atoms with Crippen molar-refractivity contribution in [3.63, 3.8) is 0 Å². The third-order valence-corrected chi connectivity index (χ3v) is 3.51. The molecule has 0 aliphatic rings. The van der Waals surface area contributed by atoms with E-state index in [2.05, 4.69) is 38.9 Å². The van der Waals surface area contributed by atoms with E-state index in [0.29, 0.717) is 19.9 Å². The summed E-state index contributed by atoms with van der Waals surface area (Å²) in [4.78, 5) is 17.6. The smallest absolute Gasteiger partial charge is 0.127 e. The van der Waals surface area contributed by atoms with E-state index in [-0.39, 0.29) is 0 Å². The lowest BCUT2D eigenvalue weighted by Gasteiger charge is -2.12. The molecule has 6 heteroatoms. The number of aliphatic imine (C=N–C) groups is 2. The van der Waals surface area contributed by atoms with Gasteiger partial charge in [-0.3, -0.25) is 15.3 Å². The SMILES string of the molecule is C=N/C(=C(CCC)\C(C)=N/CCOCNC)c1cnc(CC)nc1. The highest BCUT2D eigenvalue weighted by atomic mass is 16.5. The number of allylic oxidation sites excluding steroid dienone is 1. The summed E-state index contributed by atoms with van der Waals surface area (Å²) in [5, 5.41) is 2.94. The van der Waals surface area contributed by atoms with Crippen LogP contribution in [0.15, 0.2) is 28.0 Å². The molecule has 1 aromatic rings. The van der Waals surface area contributed by atoms with Crippen LogP contribution in [0.5, 0.6) is 0 Å². The van der Waals surface area contributed by atoms with Crippen molar-refractivity contribution in [3.8, 4) is 0 Å². The highest BCUT2D eigenvalue weighted by Crippen LogP contribution is 2.23. The fraction of sp³-hybridized carbons (Fsp3) is 0.556. The summed E-state index contributed by atoms with van der Waals surface area (Å²) in [7, 11) is 1.85. The molecule has 132 valence electrons. The van der Waals surface area contributed by atoms with Crippen LogP contribution in [-0.4, -0.2) is 49.3 Å². The zero-order valence-corrected chi connectivity index (χ0v) is 15.3. The van der Waals surface area contributed by atoms with Crippen molar-refractivity contribution in [3.05, 3.63) is 29.4 Å². The number of hydrogen-bond acceptors (Lipinski definition) is 6. The molecular weight excluding hydrogens is 302 g/mol. The highest BCUT2D eigenvalue weighted by Gasteiger charge is 2.11. The highest BCUT2D eigenvalue weighted by molar-refractivity contribution is 6.04. The van der Waals surface area contributed by atoms with Crippen LogP contribution in [0.25, 0.3) is 5.70 Å². The molecule has 6 nitrogen and oxygen atoms in total. The molecule has 0 amide bonds. The minimum atomic E-state index is 0.535. The van der Waals surface area contributed by atoms with Gasteiger partial charge >= 0.3 is 0 Å². The molecule has 0 radical (unpaired) electrons. The van der Waals surface area contributed by atoms with Crippen LogP contribution in [0.1, 0.15) is 45.0 Å². The van der Waals surface area contributed by atoms with Crippen LogP contribution in [-0.2, 0) is 11.2 Å². The second kappa shape index (κ2) is 11.6. The van der Waals surface area contributed by atoms with Crippen LogP contribution < -0.4 is 5.32 Å². The zero-order valence-electron chi connectivity index (χ0n) is 15.3. The fourth-order valence-corrected chi connectivity index (χ4v) is 2.29. The van der Waals surface area contributed by atoms with E-state index < -0.39 is 0 Å². The van der Waals surface area contributed by atoms with Crippen LogP contribution in [0.2, 0.25) is 0 Å². The van der Waals surface area contributed by atoms with Gasteiger partial charge in [0.15, 0.2) is 0 Å². The molecule has 1 aromatic heterocycles. The van der Waals surface area contributed by atoms with Gasteiger partial charge in [0, 0.05) is 30.1 Å². The van der Waals surface area contributed by atoms with Gasteiger partial charge in [-0.05, 0) is 32.7 Å². The van der Waals surface area contributed by atoms with Gasteiger partial charge in [-0.1, -0.05) is 20.3 Å². The van der Waals surface area contributed by atoms with E-state index in [0.717, 1.165) is 47.6 Å². The van der Waals surface area contributed by atoms with Gasteiger partial charge in [-0.15, -0.1) is 0 Å². The first-order chi connectivity index (χ1) is 11.7. The quantitative estimate of drug-likeness (QED) is 0.384. The number of aromatic nitrogens is 2. The minimum absolute atomic E-state index is 0.535. The third kappa shape index (κ3) is 6.29. The largest absolute Gasteiger partial charge is 0.364 e. The van der Waals surface area contributed by atoms with Gasteiger partial charge in [0.1, 0.15) is 5.82 Å². The first kappa shape index (κ1) is 20.1. The van der Waals surface area contributed by atoms with E-state index in [9.17, 15) is 0 Å². The molecule has 0 aliphatic heterocycles. The minimum Gasteiger partial charge on any atom is -0.364 e. The Balaban J connectivity index is 3.03. The summed E-state index contributed by atoms with van der Waals surface area (Å²) in [5.41, 5.74) is 3.75. The molecule has 0 unspecified atom stereocenters. The topological polar surface area (TPSA) is 71.8 Å². The maximum absolute atomic E-state index is 5.38. The molecule has 0 aliphatic carbocycles. The van der Waals surface area contributed by atoms with Crippen molar-refractivity contribution < 1.29 is 4.74 Å². The summed E-state index contributed by atoms with van der Waals surface area (Å²) in [5.74, 6) is 0.825. The molecule has 0 bridgehead atoms. The van der Waals surface area contributed by atoms with Crippen molar-refractivity contribution in [2.24, 2.45) is 9.98 Å². The lowest BCUT2D eigenvalue weighted by atomic mass is 10.0. The number of rotatable bonds is 11. The Kier molecular flexibility index (Phi) is 9.72. The van der Waals surface area contributed by atoms with E-state index in [1.54, 1.807) is 0 Å². The fourth-order valence-electron chi connectivity index (χ4n) is 2.29. The summed E-state index contributed by atoms with van der Waals surface area (Å²) in [6.45, 7) is 11.7. The number of ether oxygens (including phenoxy) is 1. The normalized spacial score (nSPS) is 12.9. The maximum Gasteiger partial charge on any atom is 0.127 e. The molecule has 1 rings (SSSR count). The lowest BCUT2D eigenvalue weighted by Crippen LogP contribution is -2.13. The monoisotopic (exact) mass is 331 g/mol. The van der Waals surface area contributed by atoms with Crippen molar-refractivity contribution in [1.29, 1.82) is 0 Å². The average molecular weight is 331 g/mol. The third-order valence-electron chi connectivity index (χ3n) is 3.51. The van der Waals surface area contributed by atoms with E-state index in [1.165, 1.54) is 0 Å². The van der Waals surface area contributed by atoms with Crippen LogP contribution in [0.3, 0.4) is 0 Å². The van der Waals surface area contributed by atoms with Gasteiger partial charge in [0.05, 0.1) is 25.6 Å². The summed E-state index contributed by atoms with van der Waals surface area (Å²) >= 11 is 0. The maximum atomic E-state index is 5.38. The molecule has 24 heavy (non-hydrogen) atoms. The Hall–Kier alpha value is -1.92. The van der Waals surface area contributed by atoms with E-state index in [1.807, 2.05) is 33.3 Å². The predicted octanol–water partition coefficient (Wildman–Crippen LogP) is 2.91. The van der Waals surface area contributed by atoms with Gasteiger partial charge < -0.3 is 4.74 Å². The summed E-state index contributed by atoms with van der Waals surface area (Å²) < 4.78 is 5.38. The van der Waals surface area contributed by atoms with Crippen LogP contribution in [0, 0.1) is 0 Å². The molecule has 1 N–H and O–H groups in total. The van der Waals surface area contributed by atoms with Gasteiger partial charge in [-0.25, -0.2) is 9.97 Å². The average Bonchev–Trinajstić information content (AvgIpc) is 2.61. The molecule has 0 spiro atoms. The number of nitrogens with one attached hydrogen (secondary N) is 1. The number of nitrogens with zero attached hydrogens (tertiary/aromatic N) is 4. The van der Waals surface area contributed by atoms with Crippen LogP contribution in [0.4, 0.5) is 0 Å². The van der Waals surface area contributed by atoms with Crippen molar-refractivity contribution in [2.45, 2.75) is 40.0 Å². The Labute approximate surface area is 145 Å². The Morgan fingerprint density at radius 2 is 2.00 bits per heavy atom. The Bertz CT molecular complexity index is 563. The molecule has 0 fully saturated rings. The van der Waals surface area contributed by atoms with Crippen LogP contribution >= 0.6 is 0 Å². The summed E-state index contributed by atoms with van der Waals surface area (Å²) in [6.07, 6.45) is 6.33. The van der Waals surface area contributed by atoms with Crippen molar-refractivity contribution >= 4 is 18.1 Å². The molecular formula is C18H29N5O. The molecule has 0 saturated heterocycles. The number of aryl methyl sites for hydroxylation is 1. The van der Waals surface area contributed by atoms with Gasteiger partial charge in [0.2, 0.25) is 0 Å². The Morgan fingerprint density at radius 1 is 1.29 bits per heavy atom. The van der Waals surface area contributed by atoms with Crippen molar-refractivity contribution in [1.82, 2.24) is 15.3 Å². The Morgan fingerprint density at radius 3 is 2.54 bits per heavy atom. The molecule has 0 atom stereocenters. The van der Waals surface area contributed by atoms with E-state index in [4.69, 9.17) is 4.74 Å². The first-order valence-corrected chi connectivity index (χ1v) is 8.42. The molecule has 0 aromatic carbocycles. The standard InChI is InChI=1S/C18H29N5O/c1-6-8-16(14(3)21-9-10-24-13-19-4)18(20-5)15-11-22-17(7-2)23-12-15/h11-12,19H,5-10,13H2,1-4H3/b18-16-,21-14-. The zero-order chi connectivity index (χ0) is 17.8. The van der Waals surface area contributed by atoms with Crippen molar-refractivity contribution in [2.75, 3.05) is 26.9 Å². The predicted molar refractivity (Wildman–Crippen MR) is 101 cm³/mol. The lowest BCUT2D eigenvalue weighted by molar-refractivity contribution is 0.129. The van der Waals surface area contributed by atoms with Gasteiger partial charge in [-0.2, -0.15) is 0 Å².